The molecule has 0 fully saturated rings. The molecule has 0 bridgehead atoms. The summed E-state index contributed by atoms with van der Waals surface area (Å²) >= 11 is 0. The third-order valence-electron chi connectivity index (χ3n) is 2.85. The predicted molar refractivity (Wildman–Crippen MR) is 90.3 cm³/mol. The van der Waals surface area contributed by atoms with Crippen molar-refractivity contribution in [2.24, 2.45) is 10.7 Å². The molecule has 1 aromatic carbocycles. The number of guanidine groups is 1. The molecule has 1 amide bonds. The number of amides is 1. The first-order valence-electron chi connectivity index (χ1n) is 7.45. The Morgan fingerprint density at radius 3 is 2.42 bits per heavy atom. The molecule has 0 spiro atoms. The fourth-order valence-electron chi connectivity index (χ4n) is 1.91. The quantitative estimate of drug-likeness (QED) is 0.327. The van der Waals surface area contributed by atoms with Crippen LogP contribution in [0.4, 0.5) is 10.5 Å². The van der Waals surface area contributed by atoms with Crippen LogP contribution in [0.2, 0.25) is 0 Å². The largest absolute Gasteiger partial charge is 0.444 e. The smallest absolute Gasteiger partial charge is 0.408 e. The normalized spacial score (nSPS) is 13.1. The second-order valence-corrected chi connectivity index (χ2v) is 6.06. The van der Waals surface area contributed by atoms with Crippen LogP contribution in [0.15, 0.2) is 29.3 Å². The Labute approximate surface area is 140 Å². The lowest BCUT2D eigenvalue weighted by Crippen LogP contribution is -2.35. The molecule has 9 nitrogen and oxygen atoms in total. The average molecular weight is 337 g/mol. The number of ether oxygens (including phenoxy) is 1. The maximum absolute atomic E-state index is 11.9. The van der Waals surface area contributed by atoms with E-state index in [1.165, 1.54) is 0 Å². The molecule has 0 aliphatic rings. The van der Waals surface area contributed by atoms with Crippen molar-refractivity contribution in [2.45, 2.75) is 45.8 Å². The number of hydrogen-bond donors (Lipinski definition) is 3. The van der Waals surface area contributed by atoms with E-state index in [0.29, 0.717) is 12.1 Å². The molecule has 132 valence electrons. The average Bonchev–Trinajstić information content (AvgIpc) is 2.43. The van der Waals surface area contributed by atoms with Crippen molar-refractivity contribution < 1.29 is 14.6 Å². The van der Waals surface area contributed by atoms with E-state index >= 15 is 0 Å². The van der Waals surface area contributed by atoms with Gasteiger partial charge in [-0.05, 0) is 44.9 Å². The van der Waals surface area contributed by atoms with Crippen LogP contribution < -0.4 is 16.5 Å². The molecule has 0 saturated heterocycles. The number of nitrogens with two attached hydrogens (primary N) is 1. The molecule has 0 radical (unpaired) electrons. The summed E-state index contributed by atoms with van der Waals surface area (Å²) in [5, 5.41) is 12.3. The van der Waals surface area contributed by atoms with Crippen molar-refractivity contribution in [3.05, 3.63) is 39.9 Å². The first kappa shape index (κ1) is 19.2. The lowest BCUT2D eigenvalue weighted by Gasteiger charge is -2.23. The van der Waals surface area contributed by atoms with Crippen molar-refractivity contribution >= 4 is 17.7 Å². The summed E-state index contributed by atoms with van der Waals surface area (Å²) in [6.07, 6.45) is 0.184. The van der Waals surface area contributed by atoms with Gasteiger partial charge < -0.3 is 15.8 Å². The van der Waals surface area contributed by atoms with Crippen molar-refractivity contribution in [3.63, 3.8) is 0 Å². The molecule has 0 aromatic heterocycles. The van der Waals surface area contributed by atoms with Gasteiger partial charge in [0, 0.05) is 0 Å². The summed E-state index contributed by atoms with van der Waals surface area (Å²) in [5.74, 6) is -0.313. The van der Waals surface area contributed by atoms with Gasteiger partial charge in [0.15, 0.2) is 5.03 Å². The van der Waals surface area contributed by atoms with Crippen LogP contribution in [0.5, 0.6) is 0 Å². The topological polar surface area (TPSA) is 132 Å². The Balaban J connectivity index is 2.78. The standard InChI is InChI=1S/C15H23N5O4/c1-5-12(18-14(21)24-15(2,3)4)10-6-8-11(9-7-10)17-13(16)19-20(22)23/h6-9,12H,5H2,1-4H3,(H,18,21)(H3,16,17,19). The van der Waals surface area contributed by atoms with E-state index in [-0.39, 0.29) is 12.0 Å². The number of hydrazine groups is 1. The minimum atomic E-state index is -0.787. The van der Waals surface area contributed by atoms with Crippen LogP contribution in [-0.4, -0.2) is 22.7 Å². The Morgan fingerprint density at radius 1 is 1.38 bits per heavy atom. The number of rotatable bonds is 5. The van der Waals surface area contributed by atoms with Crippen LogP contribution in [0, 0.1) is 10.1 Å². The molecule has 1 rings (SSSR count). The Hall–Kier alpha value is -2.84. The van der Waals surface area contributed by atoms with Gasteiger partial charge in [-0.15, -0.1) is 0 Å². The van der Waals surface area contributed by atoms with Gasteiger partial charge in [0.2, 0.25) is 0 Å². The maximum Gasteiger partial charge on any atom is 0.408 e. The summed E-state index contributed by atoms with van der Waals surface area (Å²) < 4.78 is 5.24. The highest BCUT2D eigenvalue weighted by molar-refractivity contribution is 5.79. The number of benzene rings is 1. The summed E-state index contributed by atoms with van der Waals surface area (Å²) in [7, 11) is 0. The molecular weight excluding hydrogens is 314 g/mol. The summed E-state index contributed by atoms with van der Waals surface area (Å²) in [5.41, 5.74) is 7.90. The van der Waals surface area contributed by atoms with E-state index < -0.39 is 16.7 Å². The molecule has 0 heterocycles. The fraction of sp³-hybridized carbons (Fsp3) is 0.467. The molecule has 1 atom stereocenters. The zero-order valence-electron chi connectivity index (χ0n) is 14.2. The first-order chi connectivity index (χ1) is 11.1. The van der Waals surface area contributed by atoms with Crippen LogP contribution >= 0.6 is 0 Å². The summed E-state index contributed by atoms with van der Waals surface area (Å²) in [6, 6.07) is 6.63. The summed E-state index contributed by atoms with van der Waals surface area (Å²) in [4.78, 5) is 26.0. The van der Waals surface area contributed by atoms with E-state index in [4.69, 9.17) is 10.5 Å². The monoisotopic (exact) mass is 337 g/mol. The highest BCUT2D eigenvalue weighted by Gasteiger charge is 2.19. The van der Waals surface area contributed by atoms with Crippen LogP contribution in [0.25, 0.3) is 0 Å². The SMILES string of the molecule is CCC(NC(=O)OC(C)(C)C)c1ccc(N=C(N)N[N+](=O)[O-])cc1. The third kappa shape index (κ3) is 6.95. The first-order valence-corrected chi connectivity index (χ1v) is 7.45. The van der Waals surface area contributed by atoms with Gasteiger partial charge in [0.1, 0.15) is 5.60 Å². The number of nitrogens with zero attached hydrogens (tertiary/aromatic N) is 2. The van der Waals surface area contributed by atoms with Crippen LogP contribution in [0.1, 0.15) is 45.7 Å². The third-order valence-corrected chi connectivity index (χ3v) is 2.85. The Kier molecular flexibility index (Phi) is 6.51. The molecule has 0 aliphatic heterocycles. The molecule has 1 unspecified atom stereocenters. The zero-order chi connectivity index (χ0) is 18.3. The van der Waals surface area contributed by atoms with E-state index in [1.54, 1.807) is 50.5 Å². The van der Waals surface area contributed by atoms with E-state index in [2.05, 4.69) is 10.3 Å². The number of carbonyl (C=O) groups excluding carboxylic acids is 1. The molecule has 24 heavy (non-hydrogen) atoms. The van der Waals surface area contributed by atoms with Crippen molar-refractivity contribution in [2.75, 3.05) is 0 Å². The number of alkyl carbamates (subject to hydrolysis) is 1. The number of carbonyl (C=O) groups is 1. The lowest BCUT2D eigenvalue weighted by atomic mass is 10.0. The van der Waals surface area contributed by atoms with Gasteiger partial charge in [-0.1, -0.05) is 24.5 Å². The second-order valence-electron chi connectivity index (χ2n) is 6.06. The second kappa shape index (κ2) is 8.14. The minimum absolute atomic E-state index is 0.216. The Morgan fingerprint density at radius 2 is 1.96 bits per heavy atom. The minimum Gasteiger partial charge on any atom is -0.444 e. The maximum atomic E-state index is 11.9. The van der Waals surface area contributed by atoms with E-state index in [9.17, 15) is 14.9 Å². The highest BCUT2D eigenvalue weighted by atomic mass is 16.7. The number of nitrogens with one attached hydrogen (secondary N) is 2. The number of aliphatic imine (C=N–C) groups is 1. The molecule has 0 aliphatic carbocycles. The number of hydrogen-bond acceptors (Lipinski definition) is 5. The van der Waals surface area contributed by atoms with Crippen LogP contribution in [0.3, 0.4) is 0 Å². The van der Waals surface area contributed by atoms with Crippen molar-refractivity contribution in [1.29, 1.82) is 0 Å². The van der Waals surface area contributed by atoms with Crippen molar-refractivity contribution in [3.8, 4) is 0 Å². The predicted octanol–water partition coefficient (Wildman–Crippen LogP) is 2.39. The summed E-state index contributed by atoms with van der Waals surface area (Å²) in [6.45, 7) is 7.32. The van der Waals surface area contributed by atoms with E-state index in [0.717, 1.165) is 5.56 Å². The Bertz CT molecular complexity index is 607. The van der Waals surface area contributed by atoms with Gasteiger partial charge in [-0.2, -0.15) is 0 Å². The molecule has 0 saturated carbocycles. The number of nitro groups is 1. The van der Waals surface area contributed by atoms with Crippen molar-refractivity contribution in [1.82, 2.24) is 10.7 Å². The van der Waals surface area contributed by atoms with Crippen LogP contribution in [-0.2, 0) is 4.74 Å². The molecule has 9 heteroatoms. The van der Waals surface area contributed by atoms with Gasteiger partial charge in [0.25, 0.3) is 5.96 Å². The zero-order valence-corrected chi connectivity index (χ0v) is 14.2. The fourth-order valence-corrected chi connectivity index (χ4v) is 1.91. The molecule has 1 aromatic rings. The van der Waals surface area contributed by atoms with E-state index in [1.807, 2.05) is 6.92 Å². The van der Waals surface area contributed by atoms with Gasteiger partial charge in [0.05, 0.1) is 11.7 Å². The highest BCUT2D eigenvalue weighted by Crippen LogP contribution is 2.21. The molecular formula is C15H23N5O4. The van der Waals surface area contributed by atoms with Gasteiger partial charge in [-0.3, -0.25) is 0 Å². The van der Waals surface area contributed by atoms with Gasteiger partial charge in [-0.25, -0.2) is 19.9 Å². The lowest BCUT2D eigenvalue weighted by molar-refractivity contribution is -0.525. The van der Waals surface area contributed by atoms with Gasteiger partial charge >= 0.3 is 6.09 Å². The molecule has 4 N–H and O–H groups in total.